The number of amides is 4. The van der Waals surface area contributed by atoms with E-state index in [1.807, 2.05) is 12.1 Å². The number of urea groups is 1. The van der Waals surface area contributed by atoms with Crippen LogP contribution in [0.4, 0.5) is 14.9 Å². The number of rotatable bonds is 5. The Balaban J connectivity index is 1.38. The van der Waals surface area contributed by atoms with Gasteiger partial charge in [-0.15, -0.1) is 0 Å². The fraction of sp³-hybridized carbons (Fsp3) is 0.304. The molecule has 166 valence electrons. The van der Waals surface area contributed by atoms with Crippen LogP contribution in [-0.2, 0) is 31.1 Å². The number of ether oxygens (including phenoxy) is 1. The zero-order valence-corrected chi connectivity index (χ0v) is 17.6. The monoisotopic (exact) mass is 439 g/mol. The van der Waals surface area contributed by atoms with Crippen LogP contribution in [0.25, 0.3) is 0 Å². The molecular weight excluding hydrogens is 417 g/mol. The van der Waals surface area contributed by atoms with Crippen LogP contribution in [-0.4, -0.2) is 41.4 Å². The Morgan fingerprint density at radius 3 is 2.75 bits per heavy atom. The molecule has 2 aromatic rings. The molecule has 1 heterocycles. The highest BCUT2D eigenvalue weighted by molar-refractivity contribution is 6.09. The second-order valence-electron chi connectivity index (χ2n) is 7.97. The van der Waals surface area contributed by atoms with Gasteiger partial charge in [-0.05, 0) is 55.5 Å². The highest BCUT2D eigenvalue weighted by Gasteiger charge is 2.55. The molecule has 0 radical (unpaired) electrons. The quantitative estimate of drug-likeness (QED) is 0.550. The first-order chi connectivity index (χ1) is 15.2. The van der Waals surface area contributed by atoms with Crippen molar-refractivity contribution in [3.05, 3.63) is 65.0 Å². The largest absolute Gasteiger partial charge is 0.451 e. The van der Waals surface area contributed by atoms with Gasteiger partial charge in [-0.2, -0.15) is 0 Å². The van der Waals surface area contributed by atoms with E-state index in [9.17, 15) is 23.6 Å². The van der Waals surface area contributed by atoms with Gasteiger partial charge in [0.1, 0.15) is 17.9 Å². The highest BCUT2D eigenvalue weighted by Crippen LogP contribution is 2.41. The van der Waals surface area contributed by atoms with Gasteiger partial charge in [0.2, 0.25) is 0 Å². The summed E-state index contributed by atoms with van der Waals surface area (Å²) in [6.45, 7) is 2.32. The molecule has 2 aromatic carbocycles. The molecule has 8 nitrogen and oxygen atoms in total. The van der Waals surface area contributed by atoms with Crippen molar-refractivity contribution in [3.8, 4) is 0 Å². The minimum absolute atomic E-state index is 0.219. The lowest BCUT2D eigenvalue weighted by molar-refractivity contribution is -0.155. The van der Waals surface area contributed by atoms with Gasteiger partial charge < -0.3 is 15.4 Å². The Morgan fingerprint density at radius 2 is 2.00 bits per heavy atom. The topological polar surface area (TPSA) is 105 Å². The summed E-state index contributed by atoms with van der Waals surface area (Å²) < 4.78 is 18.7. The summed E-state index contributed by atoms with van der Waals surface area (Å²) in [6, 6.07) is 10.9. The van der Waals surface area contributed by atoms with Crippen LogP contribution in [0.5, 0.6) is 0 Å². The normalized spacial score (nSPS) is 20.2. The van der Waals surface area contributed by atoms with E-state index in [4.69, 9.17) is 4.74 Å². The van der Waals surface area contributed by atoms with Gasteiger partial charge in [-0.3, -0.25) is 19.3 Å². The highest BCUT2D eigenvalue weighted by atomic mass is 19.1. The van der Waals surface area contributed by atoms with E-state index in [-0.39, 0.29) is 5.69 Å². The van der Waals surface area contributed by atoms with Crippen LogP contribution in [0.2, 0.25) is 0 Å². The lowest BCUT2D eigenvalue weighted by Gasteiger charge is -2.22. The average molecular weight is 439 g/mol. The van der Waals surface area contributed by atoms with Crippen LogP contribution in [0, 0.1) is 12.7 Å². The summed E-state index contributed by atoms with van der Waals surface area (Å²) in [6.07, 6.45) is -0.167. The summed E-state index contributed by atoms with van der Waals surface area (Å²) in [5.41, 5.74) is 1.18. The standard InChI is InChI=1S/C23H22FN3O5/c1-13-7-8-16(11-18(13)24)25-20(29)14(2)32-19(28)12-27-21(30)23(26-22(27)31)10-9-15-5-3-4-6-17(15)23/h3-8,11,14H,9-10,12H2,1-2H3,(H,25,29)(H,26,31)/t14-,23-/m1/s1. The molecule has 2 N–H and O–H groups in total. The van der Waals surface area contributed by atoms with Crippen LogP contribution in [0.3, 0.4) is 0 Å². The molecule has 0 unspecified atom stereocenters. The molecular formula is C23H22FN3O5. The van der Waals surface area contributed by atoms with Crippen molar-refractivity contribution in [2.75, 3.05) is 11.9 Å². The number of halogens is 1. The van der Waals surface area contributed by atoms with Gasteiger partial charge in [-0.25, -0.2) is 9.18 Å². The number of carbonyl (C=O) groups excluding carboxylic acids is 4. The Labute approximate surface area is 183 Å². The number of aryl methyl sites for hydroxylation is 2. The molecule has 0 aromatic heterocycles. The third-order valence-electron chi connectivity index (χ3n) is 5.83. The van der Waals surface area contributed by atoms with Crippen molar-refractivity contribution >= 4 is 29.5 Å². The summed E-state index contributed by atoms with van der Waals surface area (Å²) in [5.74, 6) is -2.57. The van der Waals surface area contributed by atoms with Gasteiger partial charge in [0.25, 0.3) is 11.8 Å². The minimum atomic E-state index is -1.21. The summed E-state index contributed by atoms with van der Waals surface area (Å²) in [7, 11) is 0. The van der Waals surface area contributed by atoms with Crippen LogP contribution in [0.1, 0.15) is 30.0 Å². The van der Waals surface area contributed by atoms with E-state index in [2.05, 4.69) is 10.6 Å². The number of hydrogen-bond donors (Lipinski definition) is 2. The second kappa shape index (κ2) is 8.07. The molecule has 1 aliphatic heterocycles. The smallest absolute Gasteiger partial charge is 0.327 e. The summed E-state index contributed by atoms with van der Waals surface area (Å²) >= 11 is 0. The number of benzene rings is 2. The maximum absolute atomic E-state index is 13.6. The first kappa shape index (κ1) is 21.5. The summed E-state index contributed by atoms with van der Waals surface area (Å²) in [4.78, 5) is 51.0. The third-order valence-corrected chi connectivity index (χ3v) is 5.83. The number of fused-ring (bicyclic) bond motifs is 2. The summed E-state index contributed by atoms with van der Waals surface area (Å²) in [5, 5.41) is 5.19. The number of imide groups is 1. The van der Waals surface area contributed by atoms with Crippen molar-refractivity contribution < 1.29 is 28.3 Å². The number of nitrogens with one attached hydrogen (secondary N) is 2. The molecule has 1 aliphatic carbocycles. The van der Waals surface area contributed by atoms with E-state index in [1.165, 1.54) is 19.1 Å². The van der Waals surface area contributed by atoms with Gasteiger partial charge in [0.05, 0.1) is 0 Å². The van der Waals surface area contributed by atoms with Crippen molar-refractivity contribution in [3.63, 3.8) is 0 Å². The molecule has 1 fully saturated rings. The SMILES string of the molecule is Cc1ccc(NC(=O)[C@@H](C)OC(=O)CN2C(=O)N[C@@]3(CCc4ccccc43)C2=O)cc1F. The number of anilines is 1. The molecule has 1 saturated heterocycles. The predicted molar refractivity (Wildman–Crippen MR) is 112 cm³/mol. The second-order valence-corrected chi connectivity index (χ2v) is 7.97. The van der Waals surface area contributed by atoms with Crippen LogP contribution >= 0.6 is 0 Å². The first-order valence-electron chi connectivity index (χ1n) is 10.2. The Bertz CT molecular complexity index is 1130. The van der Waals surface area contributed by atoms with E-state index >= 15 is 0 Å². The number of carbonyl (C=O) groups is 4. The molecule has 1 spiro atoms. The maximum atomic E-state index is 13.6. The van der Waals surface area contributed by atoms with Gasteiger partial charge >= 0.3 is 12.0 Å². The fourth-order valence-electron chi connectivity index (χ4n) is 4.06. The first-order valence-corrected chi connectivity index (χ1v) is 10.2. The van der Waals surface area contributed by atoms with Crippen molar-refractivity contribution in [2.45, 2.75) is 38.3 Å². The molecule has 0 bridgehead atoms. The molecule has 4 amide bonds. The Kier molecular flexibility index (Phi) is 5.41. The predicted octanol–water partition coefficient (Wildman–Crippen LogP) is 2.40. The van der Waals surface area contributed by atoms with Gasteiger partial charge in [0, 0.05) is 5.69 Å². The maximum Gasteiger partial charge on any atom is 0.327 e. The lowest BCUT2D eigenvalue weighted by atomic mass is 9.92. The Hall–Kier alpha value is -3.75. The Morgan fingerprint density at radius 1 is 1.25 bits per heavy atom. The van der Waals surface area contributed by atoms with Crippen molar-refractivity contribution in [1.82, 2.24) is 10.2 Å². The van der Waals surface area contributed by atoms with E-state index in [1.54, 1.807) is 19.1 Å². The van der Waals surface area contributed by atoms with Gasteiger partial charge in [-0.1, -0.05) is 30.3 Å². The fourth-order valence-corrected chi connectivity index (χ4v) is 4.06. The van der Waals surface area contributed by atoms with E-state index in [0.717, 1.165) is 22.1 Å². The van der Waals surface area contributed by atoms with Gasteiger partial charge in [0.15, 0.2) is 6.10 Å². The van der Waals surface area contributed by atoms with Crippen LogP contribution in [0.15, 0.2) is 42.5 Å². The molecule has 9 heteroatoms. The number of hydrogen-bond acceptors (Lipinski definition) is 5. The van der Waals surface area contributed by atoms with E-state index < -0.39 is 47.8 Å². The molecule has 4 rings (SSSR count). The van der Waals surface area contributed by atoms with Crippen molar-refractivity contribution in [1.29, 1.82) is 0 Å². The molecule has 2 atom stereocenters. The molecule has 2 aliphatic rings. The molecule has 0 saturated carbocycles. The lowest BCUT2D eigenvalue weighted by Crippen LogP contribution is -2.43. The van der Waals surface area contributed by atoms with Crippen LogP contribution < -0.4 is 10.6 Å². The third kappa shape index (κ3) is 3.70. The van der Waals surface area contributed by atoms with E-state index in [0.29, 0.717) is 18.4 Å². The van der Waals surface area contributed by atoms with Crippen molar-refractivity contribution in [2.24, 2.45) is 0 Å². The number of esters is 1. The minimum Gasteiger partial charge on any atom is -0.451 e. The molecule has 32 heavy (non-hydrogen) atoms. The zero-order chi connectivity index (χ0) is 23.0. The zero-order valence-electron chi connectivity index (χ0n) is 17.6. The average Bonchev–Trinajstić information content (AvgIpc) is 3.24. The number of nitrogens with zero attached hydrogens (tertiary/aromatic N) is 1.